The Kier molecular flexibility index (Phi) is 17.2. The van der Waals surface area contributed by atoms with Crippen molar-refractivity contribution in [2.24, 2.45) is 0 Å². The summed E-state index contributed by atoms with van der Waals surface area (Å²) in [6.07, 6.45) is -7.22. The Bertz CT molecular complexity index is 3770. The lowest BCUT2D eigenvalue weighted by atomic mass is 9.12. The van der Waals surface area contributed by atoms with Crippen LogP contribution in [0.1, 0.15) is 5.56 Å². The molecule has 0 aromatic heterocycles. The summed E-state index contributed by atoms with van der Waals surface area (Å²) >= 11 is 1.83. The molecule has 0 saturated carbocycles. The molecule has 428 valence electrons. The van der Waals surface area contributed by atoms with Crippen LogP contribution in [0.4, 0.5) is 87.8 Å². The second kappa shape index (κ2) is 24.0. The van der Waals surface area contributed by atoms with Crippen LogP contribution in [0.2, 0.25) is 0 Å². The van der Waals surface area contributed by atoms with E-state index in [1.54, 1.807) is 0 Å². The van der Waals surface area contributed by atoms with Gasteiger partial charge in [0, 0.05) is 9.79 Å². The summed E-state index contributed by atoms with van der Waals surface area (Å²) in [5.41, 5.74) is -8.03. The third-order valence-corrected chi connectivity index (χ3v) is 16.9. The third kappa shape index (κ3) is 10.4. The van der Waals surface area contributed by atoms with E-state index < -0.39 is 144 Å². The molecule has 0 spiro atoms. The lowest BCUT2D eigenvalue weighted by Gasteiger charge is -2.44. The molecule has 10 rings (SSSR count). The SMILES string of the molecule is Cc1cc([S+](c2ccccc2)c2ccc(-c3ccccc3)cc2)ccc1Sc1ccc(-c2ccccc2)cc1.Fc1c(F)c(F)c([B-](c2c(F)c(F)c(F)c(F)c2F)(c2c(F)c(F)c(F)c(F)c2F)c2c(F)c(F)c(F)c(F)c2F)c(F)c1F. The molecule has 10 aromatic carbocycles. The maximum Gasteiger partial charge on any atom is 0.200 e. The van der Waals surface area contributed by atoms with Crippen LogP contribution in [-0.2, 0) is 10.9 Å². The maximum absolute atomic E-state index is 15.4. The fraction of sp³-hybridized carbons (Fsp3) is 0.0164. The van der Waals surface area contributed by atoms with Crippen molar-refractivity contribution in [3.05, 3.63) is 280 Å². The minimum Gasteiger partial charge on any atom is -0.207 e. The van der Waals surface area contributed by atoms with Crippen LogP contribution in [-0.4, -0.2) is 6.15 Å². The highest BCUT2D eigenvalue weighted by atomic mass is 32.2. The Morgan fingerprint density at radius 2 is 0.512 bits per heavy atom. The van der Waals surface area contributed by atoms with E-state index in [2.05, 4.69) is 165 Å². The van der Waals surface area contributed by atoms with Gasteiger partial charge in [-0.1, -0.05) is 103 Å². The van der Waals surface area contributed by atoms with Crippen molar-refractivity contribution >= 4 is 50.7 Å². The van der Waals surface area contributed by atoms with Gasteiger partial charge < -0.3 is 0 Å². The fourth-order valence-electron chi connectivity index (χ4n) is 9.59. The van der Waals surface area contributed by atoms with E-state index >= 15 is 35.1 Å². The second-order valence-electron chi connectivity index (χ2n) is 18.2. The molecule has 0 aliphatic carbocycles. The minimum absolute atomic E-state index is 0.178. The summed E-state index contributed by atoms with van der Waals surface area (Å²) in [5, 5.41) is 0. The van der Waals surface area contributed by atoms with Crippen molar-refractivity contribution in [3.63, 3.8) is 0 Å². The van der Waals surface area contributed by atoms with Crippen LogP contribution in [0.15, 0.2) is 182 Å². The standard InChI is InChI=1S/C37H29S2.C24BF20/c1-28-27-36(25-26-37(28)38-33-21-17-31(18-22-33)29-11-5-2-6-12-29)39(34-15-9-4-10-16-34)35-23-19-32(20-24-35)30-13-7-3-8-14-30;26-5-1(6(27)14(35)21(42)13(5)34)25(2-7(28)15(36)22(43)16(37)8(2)29,3-9(30)17(38)23(44)18(39)10(3)31)4-11(32)19(40)24(45)20(41)12(4)33/h2-27H,1H3;/q+1;-1. The Balaban J connectivity index is 0.000000203. The average molecular weight is 1220 g/mol. The van der Waals surface area contributed by atoms with E-state index in [0.29, 0.717) is 0 Å². The quantitative estimate of drug-likeness (QED) is 0.0409. The Morgan fingerprint density at radius 1 is 0.262 bits per heavy atom. The summed E-state index contributed by atoms with van der Waals surface area (Å²) in [4.78, 5) is 6.56. The lowest BCUT2D eigenvalue weighted by molar-refractivity contribution is 0.378. The van der Waals surface area contributed by atoms with Crippen LogP contribution < -0.4 is 21.9 Å². The Morgan fingerprint density at radius 3 is 0.821 bits per heavy atom. The van der Waals surface area contributed by atoms with E-state index in [9.17, 15) is 52.7 Å². The van der Waals surface area contributed by atoms with E-state index in [4.69, 9.17) is 0 Å². The van der Waals surface area contributed by atoms with Crippen molar-refractivity contribution in [3.8, 4) is 22.3 Å². The molecule has 0 bridgehead atoms. The number of halogens is 20. The molecule has 0 N–H and O–H groups in total. The molecule has 0 fully saturated rings. The molecule has 1 unspecified atom stereocenters. The zero-order chi connectivity index (χ0) is 60.8. The molecule has 0 aliphatic rings. The van der Waals surface area contributed by atoms with Gasteiger partial charge in [-0.25, -0.2) is 87.8 Å². The van der Waals surface area contributed by atoms with Crippen LogP contribution >= 0.6 is 11.8 Å². The predicted octanol–water partition coefficient (Wildman–Crippen LogP) is 16.4. The number of hydrogen-bond donors (Lipinski definition) is 0. The van der Waals surface area contributed by atoms with Gasteiger partial charge >= 0.3 is 0 Å². The average Bonchev–Trinajstić information content (AvgIpc) is 0.853. The molecule has 1 atom stereocenters. The first-order valence-corrected chi connectivity index (χ1v) is 26.1. The molecule has 0 saturated heterocycles. The topological polar surface area (TPSA) is 0 Å². The van der Waals surface area contributed by atoms with Crippen molar-refractivity contribution < 1.29 is 87.8 Å². The van der Waals surface area contributed by atoms with E-state index in [1.807, 2.05) is 11.8 Å². The van der Waals surface area contributed by atoms with Gasteiger partial charge in [-0.15, -0.1) is 21.9 Å². The number of benzene rings is 10. The van der Waals surface area contributed by atoms with E-state index in [0.717, 1.165) is 0 Å². The lowest BCUT2D eigenvalue weighted by Crippen LogP contribution is -2.81. The number of aryl methyl sites for hydroxylation is 1. The van der Waals surface area contributed by atoms with E-state index in [-0.39, 0.29) is 10.9 Å². The highest BCUT2D eigenvalue weighted by Gasteiger charge is 2.52. The van der Waals surface area contributed by atoms with Crippen LogP contribution in [0.3, 0.4) is 0 Å². The van der Waals surface area contributed by atoms with Gasteiger partial charge in [0.25, 0.3) is 0 Å². The zero-order valence-corrected chi connectivity index (χ0v) is 43.6. The summed E-state index contributed by atoms with van der Waals surface area (Å²) in [7, 11) is -0.178. The van der Waals surface area contributed by atoms with Gasteiger partial charge in [0.15, 0.2) is 84.5 Å². The Hall–Kier alpha value is -8.44. The number of hydrogen-bond acceptors (Lipinski definition) is 1. The fourth-order valence-corrected chi connectivity index (χ4v) is 12.6. The highest BCUT2D eigenvalue weighted by Crippen LogP contribution is 2.38. The highest BCUT2D eigenvalue weighted by molar-refractivity contribution is 7.99. The van der Waals surface area contributed by atoms with Gasteiger partial charge in [-0.05, 0) is 101 Å². The number of rotatable bonds is 11. The maximum atomic E-state index is 15.4. The molecule has 0 aliphatic heterocycles. The van der Waals surface area contributed by atoms with E-state index in [1.165, 1.54) is 52.3 Å². The third-order valence-electron chi connectivity index (χ3n) is 13.5. The van der Waals surface area contributed by atoms with Crippen molar-refractivity contribution in [1.82, 2.24) is 0 Å². The Labute approximate surface area is 469 Å². The normalized spacial score (nSPS) is 11.9. The first-order chi connectivity index (χ1) is 39.9. The summed E-state index contributed by atoms with van der Waals surface area (Å²) in [6.45, 7) is 2.23. The van der Waals surface area contributed by atoms with Gasteiger partial charge in [-0.3, -0.25) is 0 Å². The van der Waals surface area contributed by atoms with Crippen LogP contribution in [0.25, 0.3) is 22.3 Å². The predicted molar refractivity (Wildman–Crippen MR) is 277 cm³/mol. The van der Waals surface area contributed by atoms with Gasteiger partial charge in [0.05, 0.1) is 10.9 Å². The first kappa shape index (κ1) is 60.2. The van der Waals surface area contributed by atoms with Gasteiger partial charge in [-0.2, -0.15) is 0 Å². The molecule has 0 amide bonds. The monoisotopic (exact) mass is 1220 g/mol. The van der Waals surface area contributed by atoms with Crippen LogP contribution in [0.5, 0.6) is 0 Å². The zero-order valence-electron chi connectivity index (χ0n) is 42.0. The summed E-state index contributed by atoms with van der Waals surface area (Å²) in [6, 6.07) is 57.0. The second-order valence-corrected chi connectivity index (χ2v) is 21.4. The van der Waals surface area contributed by atoms with Crippen LogP contribution in [0, 0.1) is 123 Å². The molecule has 10 aromatic rings. The van der Waals surface area contributed by atoms with Crippen molar-refractivity contribution in [2.75, 3.05) is 0 Å². The first-order valence-electron chi connectivity index (χ1n) is 24.1. The summed E-state index contributed by atoms with van der Waals surface area (Å²) in [5.74, 6) is -71.4. The molecule has 0 heterocycles. The molecule has 0 radical (unpaired) electrons. The smallest absolute Gasteiger partial charge is 0.200 e. The molecular formula is C61H29BF20S2. The van der Waals surface area contributed by atoms with Crippen molar-refractivity contribution in [2.45, 2.75) is 31.4 Å². The van der Waals surface area contributed by atoms with Gasteiger partial charge in [0.2, 0.25) is 0 Å². The molecule has 0 nitrogen and oxygen atoms in total. The molecular weight excluding hydrogens is 1190 g/mol. The van der Waals surface area contributed by atoms with Crippen molar-refractivity contribution in [1.29, 1.82) is 0 Å². The summed E-state index contributed by atoms with van der Waals surface area (Å²) < 4.78 is 294. The van der Waals surface area contributed by atoms with Gasteiger partial charge in [0.1, 0.15) is 52.7 Å². The molecule has 23 heteroatoms. The minimum atomic E-state index is -7.22. The molecule has 84 heavy (non-hydrogen) atoms. The largest absolute Gasteiger partial charge is 0.207 e.